The van der Waals surface area contributed by atoms with Crippen molar-refractivity contribution in [2.75, 3.05) is 6.61 Å². The van der Waals surface area contributed by atoms with Crippen LogP contribution in [0.1, 0.15) is 25.3 Å². The van der Waals surface area contributed by atoms with E-state index in [2.05, 4.69) is 17.9 Å². The minimum Gasteiger partial charge on any atom is -0.744 e. The monoisotopic (exact) mass is 311 g/mol. The molecule has 0 fully saturated rings. The summed E-state index contributed by atoms with van der Waals surface area (Å²) in [6.45, 7) is 9.23. The zero-order valence-electron chi connectivity index (χ0n) is 11.9. The topological polar surface area (TPSA) is 83.5 Å². The van der Waals surface area contributed by atoms with Gasteiger partial charge in [0.1, 0.15) is 10.1 Å². The van der Waals surface area contributed by atoms with Crippen LogP contribution in [0.2, 0.25) is 0 Å². The molecule has 0 heterocycles. The minimum atomic E-state index is -4.37. The number of carbonyl (C=O) groups excluding carboxylic acids is 1. The Bertz CT molecular complexity index is 575. The van der Waals surface area contributed by atoms with E-state index in [0.717, 1.165) is 12.8 Å². The number of hydrogen-bond acceptors (Lipinski definition) is 5. The van der Waals surface area contributed by atoms with Gasteiger partial charge in [-0.2, -0.15) is 0 Å². The van der Waals surface area contributed by atoms with Crippen molar-refractivity contribution in [1.29, 1.82) is 0 Å². The summed E-state index contributed by atoms with van der Waals surface area (Å²) in [5.74, 6) is -0.330. The Hall–Kier alpha value is -1.92. The first-order valence-corrected chi connectivity index (χ1v) is 7.74. The molecule has 1 rings (SSSR count). The number of esters is 1. The van der Waals surface area contributed by atoms with E-state index >= 15 is 0 Å². The van der Waals surface area contributed by atoms with E-state index in [0.29, 0.717) is 12.2 Å². The minimum absolute atomic E-state index is 0.222. The summed E-state index contributed by atoms with van der Waals surface area (Å²) in [6, 6.07) is 5.93. The van der Waals surface area contributed by atoms with Crippen LogP contribution in [0.5, 0.6) is 0 Å². The lowest BCUT2D eigenvalue weighted by Crippen LogP contribution is -2.00. The predicted molar refractivity (Wildman–Crippen MR) is 80.6 cm³/mol. The summed E-state index contributed by atoms with van der Waals surface area (Å²) < 4.78 is 36.5. The predicted octanol–water partition coefficient (Wildman–Crippen LogP) is 2.75. The van der Waals surface area contributed by atoms with Crippen molar-refractivity contribution in [3.8, 4) is 0 Å². The lowest BCUT2D eigenvalue weighted by atomic mass is 10.2. The molecule has 0 bridgehead atoms. The van der Waals surface area contributed by atoms with Crippen LogP contribution in [0.4, 0.5) is 0 Å². The fourth-order valence-electron chi connectivity index (χ4n) is 1.25. The third kappa shape index (κ3) is 8.06. The smallest absolute Gasteiger partial charge is 0.330 e. The largest absolute Gasteiger partial charge is 0.744 e. The Labute approximate surface area is 125 Å². The first-order chi connectivity index (χ1) is 9.86. The number of ether oxygens (including phenoxy) is 1. The van der Waals surface area contributed by atoms with E-state index < -0.39 is 10.1 Å². The van der Waals surface area contributed by atoms with Crippen LogP contribution in [-0.2, 0) is 19.6 Å². The third-order valence-electron chi connectivity index (χ3n) is 2.32. The second kappa shape index (κ2) is 9.90. The number of rotatable bonds is 6. The molecule has 0 radical (unpaired) electrons. The maximum absolute atomic E-state index is 10.6. The van der Waals surface area contributed by atoms with E-state index in [4.69, 9.17) is 0 Å². The maximum atomic E-state index is 10.6. The van der Waals surface area contributed by atoms with Crippen LogP contribution in [-0.4, -0.2) is 25.5 Å². The molecule has 0 saturated heterocycles. The highest BCUT2D eigenvalue weighted by Gasteiger charge is 2.03. The normalized spacial score (nSPS) is 10.0. The number of hydrogen-bond donors (Lipinski definition) is 0. The molecular formula is C15H19O5S-. The molecule has 0 aliphatic carbocycles. The van der Waals surface area contributed by atoms with Gasteiger partial charge in [0.05, 0.1) is 11.5 Å². The SMILES string of the molecule is C=CC(=O)OCCCC.C=Cc1ccccc1S(=O)(=O)[O-]. The summed E-state index contributed by atoms with van der Waals surface area (Å²) >= 11 is 0. The molecule has 116 valence electrons. The zero-order valence-corrected chi connectivity index (χ0v) is 12.8. The van der Waals surface area contributed by atoms with Gasteiger partial charge >= 0.3 is 5.97 Å². The van der Waals surface area contributed by atoms with Gasteiger partial charge in [0.2, 0.25) is 0 Å². The Kier molecular flexibility index (Phi) is 9.00. The second-order valence-corrected chi connectivity index (χ2v) is 5.27. The van der Waals surface area contributed by atoms with E-state index in [1.807, 2.05) is 6.92 Å². The molecule has 0 saturated carbocycles. The Balaban J connectivity index is 0.000000400. The first kappa shape index (κ1) is 19.1. The van der Waals surface area contributed by atoms with Crippen molar-refractivity contribution in [2.24, 2.45) is 0 Å². The van der Waals surface area contributed by atoms with Crippen molar-refractivity contribution in [3.05, 3.63) is 49.1 Å². The van der Waals surface area contributed by atoms with Gasteiger partial charge in [-0.1, -0.05) is 50.8 Å². The summed E-state index contributed by atoms with van der Waals surface area (Å²) in [4.78, 5) is 10.1. The highest BCUT2D eigenvalue weighted by molar-refractivity contribution is 7.85. The molecular weight excluding hydrogens is 292 g/mol. The Morgan fingerprint density at radius 2 is 1.95 bits per heavy atom. The summed E-state index contributed by atoms with van der Waals surface area (Å²) in [5.41, 5.74) is 0.340. The highest BCUT2D eigenvalue weighted by atomic mass is 32.2. The summed E-state index contributed by atoms with van der Waals surface area (Å²) in [5, 5.41) is 0. The number of benzene rings is 1. The van der Waals surface area contributed by atoms with Crippen LogP contribution < -0.4 is 0 Å². The Morgan fingerprint density at radius 3 is 2.38 bits per heavy atom. The molecule has 0 atom stereocenters. The zero-order chi connectivity index (χ0) is 16.3. The van der Waals surface area contributed by atoms with E-state index in [9.17, 15) is 17.8 Å². The molecule has 1 aromatic rings. The average Bonchev–Trinajstić information content (AvgIpc) is 2.47. The molecule has 5 nitrogen and oxygen atoms in total. The van der Waals surface area contributed by atoms with Gasteiger partial charge in [0, 0.05) is 6.08 Å². The summed E-state index contributed by atoms with van der Waals surface area (Å²) in [7, 11) is -4.37. The van der Waals surface area contributed by atoms with Gasteiger partial charge in [0.15, 0.2) is 0 Å². The summed E-state index contributed by atoms with van der Waals surface area (Å²) in [6.07, 6.45) is 4.49. The van der Waals surface area contributed by atoms with E-state index in [1.165, 1.54) is 30.4 Å². The molecule has 0 aliphatic heterocycles. The van der Waals surface area contributed by atoms with Crippen molar-refractivity contribution in [3.63, 3.8) is 0 Å². The van der Waals surface area contributed by atoms with Crippen LogP contribution >= 0.6 is 0 Å². The molecule has 0 spiro atoms. The van der Waals surface area contributed by atoms with Gasteiger partial charge in [-0.3, -0.25) is 0 Å². The fourth-order valence-corrected chi connectivity index (χ4v) is 1.94. The molecule has 1 aromatic carbocycles. The lowest BCUT2D eigenvalue weighted by molar-refractivity contribution is -0.137. The maximum Gasteiger partial charge on any atom is 0.330 e. The molecule has 6 heteroatoms. The van der Waals surface area contributed by atoms with Gasteiger partial charge in [-0.15, -0.1) is 0 Å². The van der Waals surface area contributed by atoms with Crippen molar-refractivity contribution < 1.29 is 22.5 Å². The second-order valence-electron chi connectivity index (χ2n) is 3.92. The number of unbranched alkanes of at least 4 members (excludes halogenated alkanes) is 1. The lowest BCUT2D eigenvalue weighted by Gasteiger charge is -2.09. The van der Waals surface area contributed by atoms with Crippen LogP contribution in [0.25, 0.3) is 6.08 Å². The number of carbonyl (C=O) groups is 1. The van der Waals surface area contributed by atoms with Crippen molar-refractivity contribution in [2.45, 2.75) is 24.7 Å². The standard InChI is InChI=1S/C8H8O3S.C7H12O2/c1-2-7-5-3-4-6-8(7)12(9,10)11;1-3-5-6-9-7(8)4-2/h2-6H,1H2,(H,9,10,11);4H,2-3,5-6H2,1H3/p-1. The molecule has 0 aromatic heterocycles. The van der Waals surface area contributed by atoms with Crippen molar-refractivity contribution >= 4 is 22.2 Å². The molecule has 0 unspecified atom stereocenters. The fraction of sp³-hybridized carbons (Fsp3) is 0.267. The van der Waals surface area contributed by atoms with Gasteiger partial charge in [-0.05, 0) is 18.1 Å². The highest BCUT2D eigenvalue weighted by Crippen LogP contribution is 2.15. The van der Waals surface area contributed by atoms with Crippen LogP contribution in [0.15, 0.2) is 48.4 Å². The van der Waals surface area contributed by atoms with E-state index in [1.54, 1.807) is 6.07 Å². The van der Waals surface area contributed by atoms with Gasteiger partial charge in [0.25, 0.3) is 0 Å². The van der Waals surface area contributed by atoms with E-state index in [-0.39, 0.29) is 10.9 Å². The van der Waals surface area contributed by atoms with Gasteiger partial charge in [-0.25, -0.2) is 13.2 Å². The molecule has 21 heavy (non-hydrogen) atoms. The average molecular weight is 311 g/mol. The molecule has 0 amide bonds. The Morgan fingerprint density at radius 1 is 1.33 bits per heavy atom. The first-order valence-electron chi connectivity index (χ1n) is 6.33. The molecule has 0 aliphatic rings. The molecule has 0 N–H and O–H groups in total. The van der Waals surface area contributed by atoms with Crippen molar-refractivity contribution in [1.82, 2.24) is 0 Å². The third-order valence-corrected chi connectivity index (χ3v) is 3.23. The van der Waals surface area contributed by atoms with Crippen LogP contribution in [0.3, 0.4) is 0 Å². The quantitative estimate of drug-likeness (QED) is 0.349. The van der Waals surface area contributed by atoms with Gasteiger partial charge < -0.3 is 9.29 Å². The van der Waals surface area contributed by atoms with Crippen LogP contribution in [0, 0.1) is 0 Å².